The van der Waals surface area contributed by atoms with Crippen LogP contribution in [0.4, 0.5) is 0 Å². The van der Waals surface area contributed by atoms with Crippen molar-refractivity contribution in [2.24, 2.45) is 0 Å². The fourth-order valence-corrected chi connectivity index (χ4v) is 5.98. The molecule has 0 N–H and O–H groups in total. The molecule has 5 aromatic rings. The highest BCUT2D eigenvalue weighted by molar-refractivity contribution is 6.99. The Kier molecular flexibility index (Phi) is 4.10. The lowest BCUT2D eigenvalue weighted by Crippen LogP contribution is -2.59. The van der Waals surface area contributed by atoms with E-state index in [2.05, 4.69) is 43.3 Å². The van der Waals surface area contributed by atoms with Crippen molar-refractivity contribution in [2.75, 3.05) is 0 Å². The molecule has 4 aromatic carbocycles. The second kappa shape index (κ2) is 7.38. The van der Waals surface area contributed by atoms with Crippen LogP contribution >= 0.6 is 0 Å². The summed E-state index contributed by atoms with van der Waals surface area (Å²) in [7, 11) is 0. The van der Waals surface area contributed by atoms with Gasteiger partial charge in [-0.25, -0.2) is 0 Å². The average Bonchev–Trinajstić information content (AvgIpc) is 2.92. The number of nitrogens with zero attached hydrogens (tertiary/aromatic N) is 1. The van der Waals surface area contributed by atoms with Gasteiger partial charge in [-0.3, -0.25) is 4.98 Å². The standard InChI is InChI=1S/C31H22BNO3/c1-2-3-6-18-11-12-20-19(15-16-33-22(20)17-18)21-13-14-27-30-31(21)36-26-10-5-9-25-29(26)32(30)28-23(34-25)7-4-8-24(28)35-27/h4-5,7-17H,2-3,6H2,1H3. The molecule has 5 heteroatoms. The minimum absolute atomic E-state index is 0.0114. The highest BCUT2D eigenvalue weighted by Crippen LogP contribution is 2.45. The van der Waals surface area contributed by atoms with Crippen LogP contribution < -0.4 is 30.6 Å². The molecule has 0 bridgehead atoms. The molecule has 36 heavy (non-hydrogen) atoms. The molecule has 1 aromatic heterocycles. The van der Waals surface area contributed by atoms with Crippen LogP contribution in [-0.4, -0.2) is 11.7 Å². The Bertz CT molecular complexity index is 1690. The van der Waals surface area contributed by atoms with E-state index in [4.69, 9.17) is 19.2 Å². The predicted octanol–water partition coefficient (Wildman–Crippen LogP) is 6.08. The third-order valence-corrected chi connectivity index (χ3v) is 7.64. The lowest BCUT2D eigenvalue weighted by Gasteiger charge is -2.38. The van der Waals surface area contributed by atoms with Crippen molar-refractivity contribution >= 4 is 34.0 Å². The van der Waals surface area contributed by atoms with Crippen molar-refractivity contribution in [3.05, 3.63) is 84.6 Å². The SMILES string of the molecule is CCCCc1ccc2c(-c3ccc4c5c3Oc3cccc6c3B5c3c(cccc3O4)O6)ccnc2c1. The van der Waals surface area contributed by atoms with E-state index in [-0.39, 0.29) is 6.71 Å². The van der Waals surface area contributed by atoms with Gasteiger partial charge < -0.3 is 14.2 Å². The normalized spacial score (nSPS) is 13.5. The van der Waals surface area contributed by atoms with E-state index in [1.807, 2.05) is 42.6 Å². The first kappa shape index (κ1) is 20.0. The second-order valence-electron chi connectivity index (χ2n) is 9.74. The molecular weight excluding hydrogens is 445 g/mol. The van der Waals surface area contributed by atoms with Crippen LogP contribution in [0, 0.1) is 0 Å². The summed E-state index contributed by atoms with van der Waals surface area (Å²) in [6.07, 6.45) is 5.35. The number of fused-ring (bicyclic) bond motifs is 1. The first-order chi connectivity index (χ1) is 17.8. The summed E-state index contributed by atoms with van der Waals surface area (Å²) in [4.78, 5) is 4.71. The molecule has 0 saturated carbocycles. The molecule has 4 nitrogen and oxygen atoms in total. The molecule has 0 aliphatic carbocycles. The van der Waals surface area contributed by atoms with Gasteiger partial charge in [0.25, 0.3) is 6.71 Å². The van der Waals surface area contributed by atoms with Gasteiger partial charge in [0.05, 0.1) is 5.52 Å². The molecule has 0 spiro atoms. The molecule has 3 aliphatic heterocycles. The molecule has 8 rings (SSSR count). The molecule has 172 valence electrons. The van der Waals surface area contributed by atoms with E-state index in [0.717, 1.165) is 79.3 Å². The highest BCUT2D eigenvalue weighted by Gasteiger charge is 2.46. The highest BCUT2D eigenvalue weighted by atomic mass is 16.5. The Morgan fingerprint density at radius 3 is 2.11 bits per heavy atom. The molecular formula is C31H22BNO3. The molecule has 0 fully saturated rings. The van der Waals surface area contributed by atoms with E-state index >= 15 is 0 Å². The summed E-state index contributed by atoms with van der Waals surface area (Å²) in [6.45, 7) is 2.24. The van der Waals surface area contributed by atoms with E-state index in [0.29, 0.717) is 0 Å². The van der Waals surface area contributed by atoms with Gasteiger partial charge in [-0.05, 0) is 72.5 Å². The van der Waals surface area contributed by atoms with Crippen molar-refractivity contribution in [2.45, 2.75) is 26.2 Å². The molecule has 0 radical (unpaired) electrons. The van der Waals surface area contributed by atoms with Crippen LogP contribution in [0.15, 0.2) is 79.0 Å². The van der Waals surface area contributed by atoms with Crippen LogP contribution in [0.3, 0.4) is 0 Å². The lowest BCUT2D eigenvalue weighted by molar-refractivity contribution is 0.443. The second-order valence-corrected chi connectivity index (χ2v) is 9.74. The van der Waals surface area contributed by atoms with Crippen molar-refractivity contribution in [1.29, 1.82) is 0 Å². The Morgan fingerprint density at radius 2 is 1.39 bits per heavy atom. The minimum Gasteiger partial charge on any atom is -0.458 e. The summed E-state index contributed by atoms with van der Waals surface area (Å²) in [5.74, 6) is 5.07. The number of pyridine rings is 1. The van der Waals surface area contributed by atoms with Crippen LogP contribution in [0.5, 0.6) is 34.5 Å². The number of aryl methyl sites for hydroxylation is 1. The Hall–Kier alpha value is -4.25. The van der Waals surface area contributed by atoms with Crippen LogP contribution in [0.1, 0.15) is 25.3 Å². The summed E-state index contributed by atoms with van der Waals surface area (Å²) >= 11 is 0. The van der Waals surface area contributed by atoms with Gasteiger partial charge in [-0.1, -0.05) is 37.6 Å². The smallest absolute Gasteiger partial charge is 0.270 e. The number of unbranched alkanes of at least 4 members (excludes halogenated alkanes) is 1. The van der Waals surface area contributed by atoms with E-state index in [1.54, 1.807) is 0 Å². The van der Waals surface area contributed by atoms with Crippen molar-refractivity contribution in [3.63, 3.8) is 0 Å². The van der Waals surface area contributed by atoms with Crippen LogP contribution in [0.25, 0.3) is 22.0 Å². The van der Waals surface area contributed by atoms with Crippen LogP contribution in [-0.2, 0) is 6.42 Å². The van der Waals surface area contributed by atoms with E-state index in [1.165, 1.54) is 18.4 Å². The van der Waals surface area contributed by atoms with Gasteiger partial charge in [0.15, 0.2) is 0 Å². The van der Waals surface area contributed by atoms with E-state index < -0.39 is 0 Å². The fraction of sp³-hybridized carbons (Fsp3) is 0.129. The number of hydrogen-bond acceptors (Lipinski definition) is 4. The number of rotatable bonds is 4. The number of hydrogen-bond donors (Lipinski definition) is 0. The van der Waals surface area contributed by atoms with Gasteiger partial charge in [-0.2, -0.15) is 0 Å². The monoisotopic (exact) mass is 467 g/mol. The molecule has 0 unspecified atom stereocenters. The molecule has 0 saturated heterocycles. The summed E-state index contributed by atoms with van der Waals surface area (Å²) < 4.78 is 19.4. The first-order valence-electron chi connectivity index (χ1n) is 12.6. The van der Waals surface area contributed by atoms with Crippen molar-refractivity contribution in [1.82, 2.24) is 4.98 Å². The number of ether oxygens (including phenoxy) is 3. The van der Waals surface area contributed by atoms with Crippen LogP contribution in [0.2, 0.25) is 0 Å². The topological polar surface area (TPSA) is 40.6 Å². The first-order valence-corrected chi connectivity index (χ1v) is 12.6. The van der Waals surface area contributed by atoms with Gasteiger partial charge in [-0.15, -0.1) is 0 Å². The zero-order valence-corrected chi connectivity index (χ0v) is 19.9. The maximum atomic E-state index is 6.68. The maximum Gasteiger partial charge on any atom is 0.270 e. The van der Waals surface area contributed by atoms with Gasteiger partial charge in [0.2, 0.25) is 0 Å². The number of aromatic nitrogens is 1. The lowest BCUT2D eigenvalue weighted by atomic mass is 9.33. The summed E-state index contributed by atoms with van der Waals surface area (Å²) in [5.41, 5.74) is 7.73. The Balaban J connectivity index is 1.37. The van der Waals surface area contributed by atoms with Crippen molar-refractivity contribution < 1.29 is 14.2 Å². The van der Waals surface area contributed by atoms with Gasteiger partial charge >= 0.3 is 0 Å². The zero-order chi connectivity index (χ0) is 23.8. The Labute approximate surface area is 209 Å². The largest absolute Gasteiger partial charge is 0.458 e. The van der Waals surface area contributed by atoms with E-state index in [9.17, 15) is 0 Å². The summed E-state index contributed by atoms with van der Waals surface area (Å²) in [6, 6.07) is 25.1. The average molecular weight is 467 g/mol. The number of benzene rings is 4. The minimum atomic E-state index is 0.0114. The fourth-order valence-electron chi connectivity index (χ4n) is 5.98. The Morgan fingerprint density at radius 1 is 0.694 bits per heavy atom. The van der Waals surface area contributed by atoms with Crippen molar-refractivity contribution in [3.8, 4) is 45.6 Å². The molecule has 0 atom stereocenters. The van der Waals surface area contributed by atoms with Gasteiger partial charge in [0, 0.05) is 33.5 Å². The predicted molar refractivity (Wildman–Crippen MR) is 144 cm³/mol. The van der Waals surface area contributed by atoms with Gasteiger partial charge in [0.1, 0.15) is 34.5 Å². The maximum absolute atomic E-state index is 6.68. The summed E-state index contributed by atoms with van der Waals surface area (Å²) in [5, 5.41) is 1.13. The molecule has 3 aliphatic rings. The molecule has 4 heterocycles. The quantitative estimate of drug-likeness (QED) is 0.294. The molecule has 0 amide bonds. The third-order valence-electron chi connectivity index (χ3n) is 7.64. The third kappa shape index (κ3) is 2.68. The zero-order valence-electron chi connectivity index (χ0n) is 19.9.